The summed E-state index contributed by atoms with van der Waals surface area (Å²) in [6.07, 6.45) is 2.82. The summed E-state index contributed by atoms with van der Waals surface area (Å²) in [5.74, 6) is -0.701. The quantitative estimate of drug-likeness (QED) is 0.412. The van der Waals surface area contributed by atoms with Crippen molar-refractivity contribution >= 4 is 22.7 Å². The third kappa shape index (κ3) is 5.57. The predicted octanol–water partition coefficient (Wildman–Crippen LogP) is 4.33. The number of pyridine rings is 1. The fourth-order valence-corrected chi connectivity index (χ4v) is 6.70. The lowest BCUT2D eigenvalue weighted by atomic mass is 9.61. The Morgan fingerprint density at radius 1 is 0.927 bits per heavy atom. The molecule has 4 fully saturated rings. The Morgan fingerprint density at radius 2 is 1.56 bits per heavy atom. The van der Waals surface area contributed by atoms with Crippen LogP contribution in [0.4, 0.5) is 13.2 Å². The first-order chi connectivity index (χ1) is 19.5. The maximum absolute atomic E-state index is 14.1. The summed E-state index contributed by atoms with van der Waals surface area (Å²) >= 11 is 0. The zero-order chi connectivity index (χ0) is 28.8. The van der Waals surface area contributed by atoms with E-state index in [4.69, 9.17) is 0 Å². The van der Waals surface area contributed by atoms with Gasteiger partial charge in [0.1, 0.15) is 5.69 Å². The van der Waals surface area contributed by atoms with E-state index in [0.717, 1.165) is 30.1 Å². The van der Waals surface area contributed by atoms with E-state index in [1.54, 1.807) is 12.4 Å². The molecule has 0 unspecified atom stereocenters. The van der Waals surface area contributed by atoms with E-state index in [0.29, 0.717) is 57.3 Å². The Labute approximate surface area is 236 Å². The van der Waals surface area contributed by atoms with Gasteiger partial charge in [-0.1, -0.05) is 6.07 Å². The molecule has 2 aromatic heterocycles. The molecule has 0 radical (unpaired) electrons. The summed E-state index contributed by atoms with van der Waals surface area (Å²) in [7, 11) is 2.00. The van der Waals surface area contributed by atoms with Crippen LogP contribution in [-0.4, -0.2) is 75.9 Å². The number of piperazine rings is 1. The molecule has 3 aliphatic carbocycles. The molecule has 3 saturated carbocycles. The summed E-state index contributed by atoms with van der Waals surface area (Å²) in [6.45, 7) is 3.25. The van der Waals surface area contributed by atoms with E-state index >= 15 is 0 Å². The van der Waals surface area contributed by atoms with Crippen molar-refractivity contribution in [3.05, 3.63) is 65.1 Å². The zero-order valence-electron chi connectivity index (χ0n) is 23.1. The second-order valence-electron chi connectivity index (χ2n) is 12.0. The molecular formula is C30H35F3N6O2. The van der Waals surface area contributed by atoms with Crippen LogP contribution in [0, 0.1) is 0 Å². The average molecular weight is 569 g/mol. The standard InChI is InChI=1S/C30H35F3N6O2/c1-38-14-16-39(17-15-38)19-21-3-2-20(18-23(21)30(31,32)33)26(40)36-28-6-9-29(10-7-28,11-8-28)37-27(41)25-22-4-12-34-24(22)5-13-35-25/h2-5,12-13,18,34H,6-11,14-17,19H2,1H3,(H,36,40)(H,37,41). The number of nitrogens with zero attached hydrogens (tertiary/aromatic N) is 3. The Kier molecular flexibility index (Phi) is 7.05. The summed E-state index contributed by atoms with van der Waals surface area (Å²) in [6, 6.07) is 7.62. The van der Waals surface area contributed by atoms with Crippen LogP contribution in [0.5, 0.6) is 0 Å². The van der Waals surface area contributed by atoms with Crippen LogP contribution >= 0.6 is 0 Å². The Hall–Kier alpha value is -3.44. The highest BCUT2D eigenvalue weighted by atomic mass is 19.4. The van der Waals surface area contributed by atoms with Crippen molar-refractivity contribution in [3.63, 3.8) is 0 Å². The number of hydrogen-bond acceptors (Lipinski definition) is 5. The number of amides is 2. The minimum absolute atomic E-state index is 0.0233. The molecule has 0 spiro atoms. The second kappa shape index (κ2) is 10.4. The van der Waals surface area contributed by atoms with Gasteiger partial charge >= 0.3 is 6.18 Å². The molecule has 2 bridgehead atoms. The number of alkyl halides is 3. The Bertz CT molecular complexity index is 1440. The number of hydrogen-bond donors (Lipinski definition) is 3. The van der Waals surface area contributed by atoms with Gasteiger partial charge in [0.05, 0.1) is 5.56 Å². The van der Waals surface area contributed by atoms with Crippen LogP contribution in [0.1, 0.15) is 70.5 Å². The maximum Gasteiger partial charge on any atom is 0.416 e. The molecule has 41 heavy (non-hydrogen) atoms. The molecule has 4 aliphatic rings. The largest absolute Gasteiger partial charge is 0.416 e. The normalized spacial score (nSPS) is 25.4. The lowest BCUT2D eigenvalue weighted by Crippen LogP contribution is -2.63. The molecule has 1 aliphatic heterocycles. The number of aromatic amines is 1. The molecule has 8 nitrogen and oxygen atoms in total. The highest BCUT2D eigenvalue weighted by Gasteiger charge is 2.50. The fraction of sp³-hybridized carbons (Fsp3) is 0.500. The first kappa shape index (κ1) is 27.7. The molecular weight excluding hydrogens is 533 g/mol. The van der Waals surface area contributed by atoms with Gasteiger partial charge in [-0.3, -0.25) is 19.5 Å². The van der Waals surface area contributed by atoms with Crippen molar-refractivity contribution in [2.45, 2.75) is 62.3 Å². The molecule has 7 rings (SSSR count). The van der Waals surface area contributed by atoms with Gasteiger partial charge < -0.3 is 20.5 Å². The minimum atomic E-state index is -4.55. The summed E-state index contributed by atoms with van der Waals surface area (Å²) in [5, 5.41) is 7.09. The number of H-pyrrole nitrogens is 1. The molecule has 11 heteroatoms. The highest BCUT2D eigenvalue weighted by molar-refractivity contribution is 6.04. The predicted molar refractivity (Wildman–Crippen MR) is 148 cm³/mol. The lowest BCUT2D eigenvalue weighted by molar-refractivity contribution is -0.138. The van der Waals surface area contributed by atoms with Crippen molar-refractivity contribution < 1.29 is 22.8 Å². The number of fused-ring (bicyclic) bond motifs is 4. The smallest absolute Gasteiger partial charge is 0.361 e. The number of carbonyl (C=O) groups excluding carboxylic acids is 2. The second-order valence-corrected chi connectivity index (χ2v) is 12.0. The molecule has 1 aromatic carbocycles. The van der Waals surface area contributed by atoms with E-state index in [9.17, 15) is 22.8 Å². The van der Waals surface area contributed by atoms with Gasteiger partial charge in [0, 0.05) is 72.7 Å². The van der Waals surface area contributed by atoms with Gasteiger partial charge in [-0.2, -0.15) is 13.2 Å². The molecule has 2 amide bonds. The molecule has 3 heterocycles. The van der Waals surface area contributed by atoms with E-state index in [1.165, 1.54) is 12.1 Å². The third-order valence-corrected chi connectivity index (χ3v) is 9.37. The Balaban J connectivity index is 1.12. The lowest BCUT2D eigenvalue weighted by Gasteiger charge is -2.53. The van der Waals surface area contributed by atoms with Crippen LogP contribution in [0.25, 0.3) is 10.9 Å². The molecule has 3 aromatic rings. The van der Waals surface area contributed by atoms with Crippen LogP contribution in [0.15, 0.2) is 42.7 Å². The van der Waals surface area contributed by atoms with Crippen LogP contribution < -0.4 is 10.6 Å². The number of likely N-dealkylation sites (N-methyl/N-ethyl adjacent to an activating group) is 1. The van der Waals surface area contributed by atoms with E-state index in [1.807, 2.05) is 24.1 Å². The summed E-state index contributed by atoms with van der Waals surface area (Å²) in [4.78, 5) is 38.0. The van der Waals surface area contributed by atoms with Crippen molar-refractivity contribution in [2.24, 2.45) is 0 Å². The number of benzene rings is 1. The van der Waals surface area contributed by atoms with Crippen LogP contribution in [-0.2, 0) is 12.7 Å². The number of rotatable bonds is 6. The van der Waals surface area contributed by atoms with E-state index in [2.05, 4.69) is 25.5 Å². The molecule has 3 N–H and O–H groups in total. The number of aromatic nitrogens is 2. The first-order valence-electron chi connectivity index (χ1n) is 14.2. The van der Waals surface area contributed by atoms with Gasteiger partial charge in [0.25, 0.3) is 11.8 Å². The van der Waals surface area contributed by atoms with Gasteiger partial charge in [0.15, 0.2) is 0 Å². The average Bonchev–Trinajstić information content (AvgIpc) is 3.44. The SMILES string of the molecule is CN1CCN(Cc2ccc(C(=O)NC34CCC(NC(=O)c5nccc6[nH]ccc56)(CC3)CC4)cc2C(F)(F)F)CC1. The molecule has 218 valence electrons. The highest BCUT2D eigenvalue weighted by Crippen LogP contribution is 2.47. The third-order valence-electron chi connectivity index (χ3n) is 9.37. The maximum atomic E-state index is 14.1. The van der Waals surface area contributed by atoms with E-state index < -0.39 is 23.2 Å². The van der Waals surface area contributed by atoms with E-state index in [-0.39, 0.29) is 29.1 Å². The number of nitrogens with one attached hydrogen (secondary N) is 3. The minimum Gasteiger partial charge on any atom is -0.361 e. The Morgan fingerprint density at radius 3 is 2.20 bits per heavy atom. The van der Waals surface area contributed by atoms with Crippen molar-refractivity contribution in [1.29, 1.82) is 0 Å². The number of carbonyl (C=O) groups is 2. The molecule has 0 atom stereocenters. The van der Waals surface area contributed by atoms with Crippen molar-refractivity contribution in [2.75, 3.05) is 33.2 Å². The summed E-state index contributed by atoms with van der Waals surface area (Å²) in [5.41, 5.74) is -0.172. The van der Waals surface area contributed by atoms with Gasteiger partial charge in [-0.25, -0.2) is 0 Å². The topological polar surface area (TPSA) is 93.4 Å². The van der Waals surface area contributed by atoms with Crippen LogP contribution in [0.2, 0.25) is 0 Å². The fourth-order valence-electron chi connectivity index (χ4n) is 6.70. The first-order valence-corrected chi connectivity index (χ1v) is 14.2. The van der Waals surface area contributed by atoms with Gasteiger partial charge in [-0.05, 0) is 75.4 Å². The molecule has 1 saturated heterocycles. The zero-order valence-corrected chi connectivity index (χ0v) is 23.1. The monoisotopic (exact) mass is 568 g/mol. The van der Waals surface area contributed by atoms with Crippen molar-refractivity contribution in [1.82, 2.24) is 30.4 Å². The van der Waals surface area contributed by atoms with Crippen LogP contribution in [0.3, 0.4) is 0 Å². The van der Waals surface area contributed by atoms with Gasteiger partial charge in [-0.15, -0.1) is 0 Å². The van der Waals surface area contributed by atoms with Crippen molar-refractivity contribution in [3.8, 4) is 0 Å². The summed E-state index contributed by atoms with van der Waals surface area (Å²) < 4.78 is 42.2. The van der Waals surface area contributed by atoms with Gasteiger partial charge in [0.2, 0.25) is 0 Å². The number of halogens is 3.